The Bertz CT molecular complexity index is 477. The van der Waals surface area contributed by atoms with Gasteiger partial charge in [-0.15, -0.1) is 11.3 Å². The average molecular weight is 247 g/mol. The number of Topliss-reactive ketones (excluding diaryl/α,β-unsaturated/α-hetero) is 1. The van der Waals surface area contributed by atoms with Crippen LogP contribution in [0.5, 0.6) is 5.75 Å². The number of hydrogen-bond donors (Lipinski definition) is 0. The van der Waals surface area contributed by atoms with E-state index < -0.39 is 0 Å². The molecule has 0 saturated carbocycles. The van der Waals surface area contributed by atoms with Crippen molar-refractivity contribution in [3.8, 4) is 5.75 Å². The van der Waals surface area contributed by atoms with Gasteiger partial charge in [0.15, 0.2) is 11.6 Å². The van der Waals surface area contributed by atoms with E-state index in [2.05, 4.69) is 11.9 Å². The first kappa shape index (κ1) is 11.8. The highest BCUT2D eigenvalue weighted by Crippen LogP contribution is 2.13. The molecule has 88 valence electrons. The standard InChI is InChI=1S/C13H13NO2S/c1-2-10-3-5-11(6-4-10)16-9-12(15)13-14-7-8-17-13/h3-8H,2,9H2,1H3. The summed E-state index contributed by atoms with van der Waals surface area (Å²) in [5.74, 6) is 0.631. The van der Waals surface area contributed by atoms with E-state index in [0.29, 0.717) is 10.8 Å². The second-order valence-electron chi connectivity index (χ2n) is 3.55. The molecule has 4 heteroatoms. The Balaban J connectivity index is 1.91. The summed E-state index contributed by atoms with van der Waals surface area (Å²) in [5, 5.41) is 2.28. The van der Waals surface area contributed by atoms with E-state index in [-0.39, 0.29) is 12.4 Å². The molecular formula is C13H13NO2S. The van der Waals surface area contributed by atoms with Crippen LogP contribution in [0.15, 0.2) is 35.8 Å². The molecule has 0 aliphatic heterocycles. The van der Waals surface area contributed by atoms with Crippen LogP contribution < -0.4 is 4.74 Å². The van der Waals surface area contributed by atoms with Crippen molar-refractivity contribution in [2.24, 2.45) is 0 Å². The Morgan fingerprint density at radius 1 is 1.35 bits per heavy atom. The predicted molar refractivity (Wildman–Crippen MR) is 67.8 cm³/mol. The molecule has 0 aliphatic rings. The third-order valence-corrected chi connectivity index (χ3v) is 3.19. The third-order valence-electron chi connectivity index (χ3n) is 2.37. The highest BCUT2D eigenvalue weighted by Gasteiger charge is 2.08. The van der Waals surface area contributed by atoms with Crippen LogP contribution in [0, 0.1) is 0 Å². The van der Waals surface area contributed by atoms with Gasteiger partial charge in [-0.2, -0.15) is 0 Å². The van der Waals surface area contributed by atoms with Gasteiger partial charge < -0.3 is 4.74 Å². The first-order valence-corrected chi connectivity index (χ1v) is 6.32. The van der Waals surface area contributed by atoms with Crippen LogP contribution in [-0.2, 0) is 6.42 Å². The van der Waals surface area contributed by atoms with Crippen LogP contribution in [0.4, 0.5) is 0 Å². The van der Waals surface area contributed by atoms with Crippen LogP contribution in [0.2, 0.25) is 0 Å². The summed E-state index contributed by atoms with van der Waals surface area (Å²) in [6.07, 6.45) is 2.62. The smallest absolute Gasteiger partial charge is 0.228 e. The van der Waals surface area contributed by atoms with Gasteiger partial charge in [-0.1, -0.05) is 19.1 Å². The Kier molecular flexibility index (Phi) is 3.88. The van der Waals surface area contributed by atoms with E-state index in [1.807, 2.05) is 24.3 Å². The highest BCUT2D eigenvalue weighted by atomic mass is 32.1. The third kappa shape index (κ3) is 3.14. The number of carbonyl (C=O) groups excluding carboxylic acids is 1. The molecule has 0 fully saturated rings. The Labute approximate surface area is 104 Å². The number of nitrogens with zero attached hydrogens (tertiary/aromatic N) is 1. The maximum atomic E-state index is 11.6. The van der Waals surface area contributed by atoms with Gasteiger partial charge in [-0.3, -0.25) is 4.79 Å². The summed E-state index contributed by atoms with van der Waals surface area (Å²) in [7, 11) is 0. The van der Waals surface area contributed by atoms with Gasteiger partial charge in [0.1, 0.15) is 5.75 Å². The van der Waals surface area contributed by atoms with Crippen LogP contribution in [-0.4, -0.2) is 17.4 Å². The number of aryl methyl sites for hydroxylation is 1. The molecule has 0 unspecified atom stereocenters. The second-order valence-corrected chi connectivity index (χ2v) is 4.44. The molecule has 2 aromatic rings. The molecule has 0 spiro atoms. The molecule has 0 saturated heterocycles. The lowest BCUT2D eigenvalue weighted by molar-refractivity contribution is 0.0921. The molecule has 0 amide bonds. The van der Waals surface area contributed by atoms with Gasteiger partial charge in [0, 0.05) is 11.6 Å². The Hall–Kier alpha value is -1.68. The molecule has 0 atom stereocenters. The lowest BCUT2D eigenvalue weighted by atomic mass is 10.2. The highest BCUT2D eigenvalue weighted by molar-refractivity contribution is 7.11. The van der Waals surface area contributed by atoms with Gasteiger partial charge in [-0.25, -0.2) is 4.98 Å². The number of ether oxygens (including phenoxy) is 1. The summed E-state index contributed by atoms with van der Waals surface area (Å²) in [6.45, 7) is 2.14. The molecular weight excluding hydrogens is 234 g/mol. The molecule has 0 N–H and O–H groups in total. The molecule has 2 rings (SSSR count). The van der Waals surface area contributed by atoms with E-state index in [9.17, 15) is 4.79 Å². The molecule has 0 radical (unpaired) electrons. The molecule has 0 bridgehead atoms. The minimum atomic E-state index is -0.0837. The monoisotopic (exact) mass is 247 g/mol. The van der Waals surface area contributed by atoms with Crippen molar-refractivity contribution < 1.29 is 9.53 Å². The van der Waals surface area contributed by atoms with Crippen LogP contribution in [0.3, 0.4) is 0 Å². The summed E-state index contributed by atoms with van der Waals surface area (Å²) in [4.78, 5) is 15.6. The Morgan fingerprint density at radius 2 is 2.12 bits per heavy atom. The zero-order valence-electron chi connectivity index (χ0n) is 9.55. The number of benzene rings is 1. The van der Waals surface area contributed by atoms with Crippen molar-refractivity contribution in [1.29, 1.82) is 0 Å². The molecule has 0 aliphatic carbocycles. The zero-order chi connectivity index (χ0) is 12.1. The second kappa shape index (κ2) is 5.59. The van der Waals surface area contributed by atoms with Crippen LogP contribution in [0.25, 0.3) is 0 Å². The first-order valence-electron chi connectivity index (χ1n) is 5.44. The lowest BCUT2D eigenvalue weighted by Gasteiger charge is -2.04. The molecule has 17 heavy (non-hydrogen) atoms. The number of aromatic nitrogens is 1. The van der Waals surface area contributed by atoms with Gasteiger partial charge >= 0.3 is 0 Å². The number of ketones is 1. The molecule has 3 nitrogen and oxygen atoms in total. The summed E-state index contributed by atoms with van der Waals surface area (Å²) < 4.78 is 5.41. The lowest BCUT2D eigenvalue weighted by Crippen LogP contribution is -2.11. The number of hydrogen-bond acceptors (Lipinski definition) is 4. The minimum Gasteiger partial charge on any atom is -0.485 e. The minimum absolute atomic E-state index is 0.0407. The van der Waals surface area contributed by atoms with Gasteiger partial charge in [0.05, 0.1) is 0 Å². The fourth-order valence-electron chi connectivity index (χ4n) is 1.39. The first-order chi connectivity index (χ1) is 8.29. The number of carbonyl (C=O) groups is 1. The van der Waals surface area contributed by atoms with Crippen LogP contribution >= 0.6 is 11.3 Å². The molecule has 1 aromatic heterocycles. The maximum Gasteiger partial charge on any atom is 0.228 e. The molecule has 1 aromatic carbocycles. The van der Waals surface area contributed by atoms with Crippen molar-refractivity contribution in [1.82, 2.24) is 4.98 Å². The quantitative estimate of drug-likeness (QED) is 0.762. The van der Waals surface area contributed by atoms with Gasteiger partial charge in [0.2, 0.25) is 5.78 Å². The SMILES string of the molecule is CCc1ccc(OCC(=O)c2nccs2)cc1. The maximum absolute atomic E-state index is 11.6. The summed E-state index contributed by atoms with van der Waals surface area (Å²) >= 11 is 1.33. The topological polar surface area (TPSA) is 39.2 Å². The molecule has 1 heterocycles. The van der Waals surface area contributed by atoms with E-state index >= 15 is 0 Å². The van der Waals surface area contributed by atoms with Crippen molar-refractivity contribution in [3.63, 3.8) is 0 Å². The number of rotatable bonds is 5. The Morgan fingerprint density at radius 3 is 2.71 bits per heavy atom. The van der Waals surface area contributed by atoms with Crippen molar-refractivity contribution >= 4 is 17.1 Å². The van der Waals surface area contributed by atoms with E-state index in [4.69, 9.17) is 4.74 Å². The van der Waals surface area contributed by atoms with E-state index in [1.54, 1.807) is 11.6 Å². The van der Waals surface area contributed by atoms with Crippen molar-refractivity contribution in [3.05, 3.63) is 46.4 Å². The van der Waals surface area contributed by atoms with E-state index in [0.717, 1.165) is 6.42 Å². The largest absolute Gasteiger partial charge is 0.485 e. The van der Waals surface area contributed by atoms with Gasteiger partial charge in [-0.05, 0) is 24.1 Å². The zero-order valence-corrected chi connectivity index (χ0v) is 10.4. The van der Waals surface area contributed by atoms with Crippen molar-refractivity contribution in [2.75, 3.05) is 6.61 Å². The van der Waals surface area contributed by atoms with Crippen molar-refractivity contribution in [2.45, 2.75) is 13.3 Å². The van der Waals surface area contributed by atoms with Crippen LogP contribution in [0.1, 0.15) is 22.3 Å². The summed E-state index contributed by atoms with van der Waals surface area (Å²) in [6, 6.07) is 7.77. The predicted octanol–water partition coefficient (Wildman–Crippen LogP) is 2.97. The average Bonchev–Trinajstić information content (AvgIpc) is 2.90. The van der Waals surface area contributed by atoms with Gasteiger partial charge in [0.25, 0.3) is 0 Å². The fourth-order valence-corrected chi connectivity index (χ4v) is 1.96. The number of thiazole rings is 1. The fraction of sp³-hybridized carbons (Fsp3) is 0.231. The summed E-state index contributed by atoms with van der Waals surface area (Å²) in [5.41, 5.74) is 1.25. The normalized spacial score (nSPS) is 10.2. The van der Waals surface area contributed by atoms with E-state index in [1.165, 1.54) is 16.9 Å².